The molecule has 7 nitrogen and oxygen atoms in total. The lowest BCUT2D eigenvalue weighted by Crippen LogP contribution is -2.37. The van der Waals surface area contributed by atoms with Crippen molar-refractivity contribution in [2.24, 2.45) is 0 Å². The summed E-state index contributed by atoms with van der Waals surface area (Å²) in [5, 5.41) is 6.69. The van der Waals surface area contributed by atoms with Crippen LogP contribution in [0.4, 0.5) is 0 Å². The Morgan fingerprint density at radius 1 is 1.35 bits per heavy atom. The molecule has 1 N–H and O–H groups in total. The maximum Gasteiger partial charge on any atom is 0.339 e. The second kappa shape index (κ2) is 7.59. The highest BCUT2D eigenvalue weighted by Gasteiger charge is 2.27. The molecular weight excluding hydrogens is 336 g/mol. The third-order valence-electron chi connectivity index (χ3n) is 4.21. The normalized spacial score (nSPS) is 14.6. The van der Waals surface area contributed by atoms with E-state index in [1.807, 2.05) is 13.8 Å². The maximum atomic E-state index is 12.3. The van der Waals surface area contributed by atoms with Crippen molar-refractivity contribution >= 4 is 11.9 Å². The van der Waals surface area contributed by atoms with E-state index in [1.54, 1.807) is 31.2 Å². The number of nitrogens with zero attached hydrogens (tertiary/aromatic N) is 1. The van der Waals surface area contributed by atoms with Gasteiger partial charge in [0, 0.05) is 6.04 Å². The Morgan fingerprint density at radius 3 is 2.77 bits per heavy atom. The molecule has 0 spiro atoms. The molecule has 1 heterocycles. The Kier molecular flexibility index (Phi) is 5.25. The first-order valence-electron chi connectivity index (χ1n) is 8.60. The summed E-state index contributed by atoms with van der Waals surface area (Å²) in [5.74, 6) is 0.390. The molecule has 0 radical (unpaired) electrons. The quantitative estimate of drug-likeness (QED) is 0.765. The molecule has 1 fully saturated rings. The molecular formula is C19H22N2O5. The lowest BCUT2D eigenvalue weighted by atomic mass is 10.2. The lowest BCUT2D eigenvalue weighted by Gasteiger charge is -2.13. The van der Waals surface area contributed by atoms with Crippen molar-refractivity contribution in [3.8, 4) is 5.75 Å². The van der Waals surface area contributed by atoms with Crippen molar-refractivity contribution in [2.75, 3.05) is 0 Å². The van der Waals surface area contributed by atoms with Crippen LogP contribution >= 0.6 is 0 Å². The Hall–Kier alpha value is -2.83. The molecule has 3 rings (SSSR count). The zero-order chi connectivity index (χ0) is 18.7. The predicted molar refractivity (Wildman–Crippen MR) is 92.8 cm³/mol. The first-order valence-corrected chi connectivity index (χ1v) is 8.60. The molecule has 0 saturated heterocycles. The number of esters is 1. The minimum absolute atomic E-state index is 0.227. The van der Waals surface area contributed by atoms with Crippen LogP contribution in [-0.2, 0) is 16.1 Å². The zero-order valence-corrected chi connectivity index (χ0v) is 15.1. The van der Waals surface area contributed by atoms with Crippen LogP contribution in [0.1, 0.15) is 47.1 Å². The minimum Gasteiger partial charge on any atom is -0.489 e. The molecule has 2 aromatic rings. The van der Waals surface area contributed by atoms with Crippen LogP contribution < -0.4 is 10.1 Å². The van der Waals surface area contributed by atoms with Gasteiger partial charge in [0.1, 0.15) is 18.1 Å². The van der Waals surface area contributed by atoms with Gasteiger partial charge in [0.05, 0.1) is 16.8 Å². The van der Waals surface area contributed by atoms with Crippen LogP contribution in [-0.4, -0.2) is 29.2 Å². The topological polar surface area (TPSA) is 90.7 Å². The van der Waals surface area contributed by atoms with Crippen molar-refractivity contribution in [1.29, 1.82) is 0 Å². The van der Waals surface area contributed by atoms with E-state index in [9.17, 15) is 9.59 Å². The number of aromatic nitrogens is 1. The van der Waals surface area contributed by atoms with Gasteiger partial charge in [-0.15, -0.1) is 0 Å². The van der Waals surface area contributed by atoms with E-state index in [1.165, 1.54) is 0 Å². The second-order valence-electron chi connectivity index (χ2n) is 6.45. The van der Waals surface area contributed by atoms with Gasteiger partial charge in [-0.3, -0.25) is 4.79 Å². The third-order valence-corrected chi connectivity index (χ3v) is 4.21. The lowest BCUT2D eigenvalue weighted by molar-refractivity contribution is -0.129. The Morgan fingerprint density at radius 2 is 2.12 bits per heavy atom. The van der Waals surface area contributed by atoms with Crippen molar-refractivity contribution < 1.29 is 23.6 Å². The molecule has 0 bridgehead atoms. The van der Waals surface area contributed by atoms with Crippen molar-refractivity contribution in [1.82, 2.24) is 10.5 Å². The number of aryl methyl sites for hydroxylation is 2. The van der Waals surface area contributed by atoms with Gasteiger partial charge in [0.2, 0.25) is 0 Å². The van der Waals surface area contributed by atoms with E-state index < -0.39 is 12.1 Å². The predicted octanol–water partition coefficient (Wildman–Crippen LogP) is 2.69. The van der Waals surface area contributed by atoms with E-state index in [0.29, 0.717) is 23.7 Å². The Labute approximate surface area is 151 Å². The van der Waals surface area contributed by atoms with Gasteiger partial charge >= 0.3 is 5.97 Å². The van der Waals surface area contributed by atoms with Gasteiger partial charge in [-0.2, -0.15) is 0 Å². The fourth-order valence-electron chi connectivity index (χ4n) is 2.40. The summed E-state index contributed by atoms with van der Waals surface area (Å²) in [7, 11) is 0. The standard InChI is InChI=1S/C19H22N2O5/c1-11-17(12(2)26-21-11)10-24-16-6-4-5-14(9-16)19(23)25-13(3)18(22)20-15-7-8-15/h4-6,9,13,15H,7-8,10H2,1-3H3,(H,20,22). The summed E-state index contributed by atoms with van der Waals surface area (Å²) in [5.41, 5.74) is 1.98. The van der Waals surface area contributed by atoms with Crippen LogP contribution in [0.5, 0.6) is 5.75 Å². The highest BCUT2D eigenvalue weighted by molar-refractivity contribution is 5.92. The minimum atomic E-state index is -0.838. The molecule has 26 heavy (non-hydrogen) atoms. The van der Waals surface area contributed by atoms with Gasteiger partial charge in [-0.25, -0.2) is 4.79 Å². The number of benzene rings is 1. The Bertz CT molecular complexity index is 791. The number of amides is 1. The smallest absolute Gasteiger partial charge is 0.339 e. The molecule has 138 valence electrons. The first kappa shape index (κ1) is 18.0. The molecule has 1 amide bonds. The van der Waals surface area contributed by atoms with E-state index in [0.717, 1.165) is 24.1 Å². The van der Waals surface area contributed by atoms with Crippen LogP contribution in [0.25, 0.3) is 0 Å². The molecule has 7 heteroatoms. The third kappa shape index (κ3) is 4.41. The van der Waals surface area contributed by atoms with Crippen LogP contribution in [0.15, 0.2) is 28.8 Å². The molecule has 1 aliphatic rings. The second-order valence-corrected chi connectivity index (χ2v) is 6.45. The van der Waals surface area contributed by atoms with E-state index >= 15 is 0 Å². The monoisotopic (exact) mass is 358 g/mol. The summed E-state index contributed by atoms with van der Waals surface area (Å²) < 4.78 is 16.1. The summed E-state index contributed by atoms with van der Waals surface area (Å²) in [4.78, 5) is 24.2. The first-order chi connectivity index (χ1) is 12.4. The van der Waals surface area contributed by atoms with Crippen LogP contribution in [0.2, 0.25) is 0 Å². The summed E-state index contributed by atoms with van der Waals surface area (Å²) in [6.07, 6.45) is 1.13. The maximum absolute atomic E-state index is 12.3. The number of nitrogens with one attached hydrogen (secondary N) is 1. The highest BCUT2D eigenvalue weighted by Crippen LogP contribution is 2.20. The summed E-state index contributed by atoms with van der Waals surface area (Å²) >= 11 is 0. The van der Waals surface area contributed by atoms with Gasteiger partial charge in [-0.05, 0) is 51.8 Å². The molecule has 1 saturated carbocycles. The Balaban J connectivity index is 1.59. The van der Waals surface area contributed by atoms with E-state index in [4.69, 9.17) is 14.0 Å². The molecule has 1 unspecified atom stereocenters. The fourth-order valence-corrected chi connectivity index (χ4v) is 2.40. The molecule has 0 aliphatic heterocycles. The largest absolute Gasteiger partial charge is 0.489 e. The summed E-state index contributed by atoms with van der Waals surface area (Å²) in [6, 6.07) is 6.89. The fraction of sp³-hybridized carbons (Fsp3) is 0.421. The number of ether oxygens (including phenoxy) is 2. The van der Waals surface area contributed by atoms with E-state index in [2.05, 4.69) is 10.5 Å². The molecule has 1 atom stereocenters. The molecule has 1 aliphatic carbocycles. The molecule has 1 aromatic heterocycles. The van der Waals surface area contributed by atoms with Crippen molar-refractivity contribution in [3.63, 3.8) is 0 Å². The number of carbonyl (C=O) groups is 2. The average molecular weight is 358 g/mol. The van der Waals surface area contributed by atoms with Crippen molar-refractivity contribution in [2.45, 2.75) is 52.4 Å². The van der Waals surface area contributed by atoms with Gasteiger partial charge in [-0.1, -0.05) is 11.2 Å². The van der Waals surface area contributed by atoms with Crippen molar-refractivity contribution in [3.05, 3.63) is 46.8 Å². The SMILES string of the molecule is Cc1noc(C)c1COc1cccc(C(=O)OC(C)C(=O)NC2CC2)c1. The van der Waals surface area contributed by atoms with Gasteiger partial charge < -0.3 is 19.3 Å². The van der Waals surface area contributed by atoms with E-state index in [-0.39, 0.29) is 11.9 Å². The van der Waals surface area contributed by atoms with Gasteiger partial charge in [0.25, 0.3) is 5.91 Å². The number of hydrogen-bond donors (Lipinski definition) is 1. The average Bonchev–Trinajstić information content (AvgIpc) is 3.38. The number of carbonyl (C=O) groups excluding carboxylic acids is 2. The molecule has 1 aromatic carbocycles. The zero-order valence-electron chi connectivity index (χ0n) is 15.1. The van der Waals surface area contributed by atoms with Gasteiger partial charge in [0.15, 0.2) is 6.10 Å². The van der Waals surface area contributed by atoms with Crippen LogP contribution in [0, 0.1) is 13.8 Å². The number of rotatable bonds is 7. The number of hydrogen-bond acceptors (Lipinski definition) is 6. The highest BCUT2D eigenvalue weighted by atomic mass is 16.5. The van der Waals surface area contributed by atoms with Crippen LogP contribution in [0.3, 0.4) is 0 Å². The summed E-state index contributed by atoms with van der Waals surface area (Å²) in [6.45, 7) is 5.52.